The monoisotopic (exact) mass is 453 g/mol. The quantitative estimate of drug-likeness (QED) is 0.245. The van der Waals surface area contributed by atoms with E-state index >= 15 is 0 Å². The third kappa shape index (κ3) is 2.81. The Hall–Kier alpha value is -4.07. The van der Waals surface area contributed by atoms with Crippen LogP contribution in [0.5, 0.6) is 0 Å². The number of para-hydroxylation sites is 1. The number of hydrogen-bond donors (Lipinski definition) is 0. The van der Waals surface area contributed by atoms with E-state index in [1.165, 1.54) is 48.9 Å². The summed E-state index contributed by atoms with van der Waals surface area (Å²) >= 11 is 6.60. The van der Waals surface area contributed by atoms with E-state index in [4.69, 9.17) is 11.6 Å². The summed E-state index contributed by atoms with van der Waals surface area (Å²) in [5.41, 5.74) is 5.85. The molecule has 0 aliphatic rings. The second-order valence-electron chi connectivity index (χ2n) is 8.72. The van der Waals surface area contributed by atoms with Crippen LogP contribution in [0.2, 0.25) is 5.02 Å². The van der Waals surface area contributed by atoms with Gasteiger partial charge in [-0.1, -0.05) is 109 Å². The molecule has 7 rings (SSSR count). The SMILES string of the molecule is Clc1ccc(-n2c3ccccc3c3ccc4ccccc4c32)c(-c2cccc3ccccc23)c1. The van der Waals surface area contributed by atoms with Gasteiger partial charge in [0.2, 0.25) is 0 Å². The van der Waals surface area contributed by atoms with Crippen molar-refractivity contribution in [3.8, 4) is 16.8 Å². The van der Waals surface area contributed by atoms with Gasteiger partial charge in [0.25, 0.3) is 0 Å². The number of hydrogen-bond acceptors (Lipinski definition) is 0. The average Bonchev–Trinajstić information content (AvgIpc) is 3.23. The van der Waals surface area contributed by atoms with E-state index in [9.17, 15) is 0 Å². The van der Waals surface area contributed by atoms with Crippen LogP contribution in [0.3, 0.4) is 0 Å². The van der Waals surface area contributed by atoms with Crippen molar-refractivity contribution in [1.82, 2.24) is 4.57 Å². The molecule has 2 heteroatoms. The molecule has 34 heavy (non-hydrogen) atoms. The summed E-state index contributed by atoms with van der Waals surface area (Å²) in [5, 5.41) is 8.17. The Labute approximate surface area is 202 Å². The van der Waals surface area contributed by atoms with Crippen molar-refractivity contribution in [3.05, 3.63) is 126 Å². The molecule has 0 aliphatic carbocycles. The molecule has 0 bridgehead atoms. The lowest BCUT2D eigenvalue weighted by atomic mass is 9.96. The summed E-state index contributed by atoms with van der Waals surface area (Å²) in [5.74, 6) is 0. The maximum absolute atomic E-state index is 6.60. The largest absolute Gasteiger partial charge is 0.308 e. The first-order valence-electron chi connectivity index (χ1n) is 11.5. The van der Waals surface area contributed by atoms with Gasteiger partial charge in [-0.3, -0.25) is 0 Å². The number of halogens is 1. The minimum Gasteiger partial charge on any atom is -0.308 e. The minimum atomic E-state index is 0.734. The Morgan fingerprint density at radius 2 is 1.15 bits per heavy atom. The molecule has 0 saturated carbocycles. The fourth-order valence-corrected chi connectivity index (χ4v) is 5.53. The van der Waals surface area contributed by atoms with Crippen molar-refractivity contribution < 1.29 is 0 Å². The first-order valence-corrected chi connectivity index (χ1v) is 11.9. The molecule has 0 fully saturated rings. The van der Waals surface area contributed by atoms with Gasteiger partial charge in [0.15, 0.2) is 0 Å². The van der Waals surface area contributed by atoms with E-state index in [2.05, 4.69) is 120 Å². The molecule has 0 N–H and O–H groups in total. The Bertz CT molecular complexity index is 1870. The summed E-state index contributed by atoms with van der Waals surface area (Å²) in [7, 11) is 0. The molecule has 7 aromatic rings. The highest BCUT2D eigenvalue weighted by Crippen LogP contribution is 2.41. The molecule has 1 aromatic heterocycles. The van der Waals surface area contributed by atoms with Crippen molar-refractivity contribution in [1.29, 1.82) is 0 Å². The smallest absolute Gasteiger partial charge is 0.0619 e. The molecule has 1 heterocycles. The van der Waals surface area contributed by atoms with Crippen LogP contribution in [-0.4, -0.2) is 4.57 Å². The van der Waals surface area contributed by atoms with Gasteiger partial charge < -0.3 is 4.57 Å². The van der Waals surface area contributed by atoms with E-state index in [1.54, 1.807) is 0 Å². The van der Waals surface area contributed by atoms with Crippen molar-refractivity contribution in [2.24, 2.45) is 0 Å². The van der Waals surface area contributed by atoms with Gasteiger partial charge in [-0.25, -0.2) is 0 Å². The van der Waals surface area contributed by atoms with Crippen LogP contribution >= 0.6 is 11.6 Å². The molecule has 0 amide bonds. The van der Waals surface area contributed by atoms with Crippen molar-refractivity contribution >= 4 is 55.0 Å². The standard InChI is InChI=1S/C32H20ClN/c33-23-17-19-31(29(20-23)26-14-7-10-21-8-1-3-11-24(21)26)34-30-15-6-5-13-27(30)28-18-16-22-9-2-4-12-25(22)32(28)34/h1-20H. The predicted molar refractivity (Wildman–Crippen MR) is 146 cm³/mol. The Kier molecular flexibility index (Phi) is 4.27. The summed E-state index contributed by atoms with van der Waals surface area (Å²) in [6, 6.07) is 43.1. The lowest BCUT2D eigenvalue weighted by Gasteiger charge is -2.17. The molecule has 1 nitrogen and oxygen atoms in total. The van der Waals surface area contributed by atoms with Gasteiger partial charge in [-0.2, -0.15) is 0 Å². The second kappa shape index (κ2) is 7.48. The molecular formula is C32H20ClN. The number of benzene rings is 6. The van der Waals surface area contributed by atoms with Gasteiger partial charge in [0.05, 0.1) is 16.7 Å². The molecule has 6 aromatic carbocycles. The topological polar surface area (TPSA) is 4.93 Å². The second-order valence-corrected chi connectivity index (χ2v) is 9.16. The zero-order valence-electron chi connectivity index (χ0n) is 18.4. The van der Waals surface area contributed by atoms with Crippen LogP contribution in [0.15, 0.2) is 121 Å². The molecule has 0 unspecified atom stereocenters. The van der Waals surface area contributed by atoms with E-state index in [0.29, 0.717) is 0 Å². The first-order chi connectivity index (χ1) is 16.8. The van der Waals surface area contributed by atoms with Crippen LogP contribution in [-0.2, 0) is 0 Å². The molecule has 0 atom stereocenters. The molecule has 0 saturated heterocycles. The van der Waals surface area contributed by atoms with Gasteiger partial charge in [0, 0.05) is 26.7 Å². The summed E-state index contributed by atoms with van der Waals surface area (Å²) in [6.45, 7) is 0. The summed E-state index contributed by atoms with van der Waals surface area (Å²) in [6.07, 6.45) is 0. The van der Waals surface area contributed by atoms with E-state index in [1.807, 2.05) is 6.07 Å². The molecule has 160 valence electrons. The number of nitrogens with zero attached hydrogens (tertiary/aromatic N) is 1. The Morgan fingerprint density at radius 1 is 0.471 bits per heavy atom. The maximum atomic E-state index is 6.60. The van der Waals surface area contributed by atoms with Crippen molar-refractivity contribution in [2.45, 2.75) is 0 Å². The average molecular weight is 454 g/mol. The molecule has 0 spiro atoms. The Morgan fingerprint density at radius 3 is 2.00 bits per heavy atom. The lowest BCUT2D eigenvalue weighted by molar-refractivity contribution is 1.19. The molecule has 0 radical (unpaired) electrons. The van der Waals surface area contributed by atoms with Gasteiger partial charge >= 0.3 is 0 Å². The highest BCUT2D eigenvalue weighted by molar-refractivity contribution is 6.31. The molecule has 0 aliphatic heterocycles. The third-order valence-corrected chi connectivity index (χ3v) is 7.07. The van der Waals surface area contributed by atoms with Crippen molar-refractivity contribution in [2.75, 3.05) is 0 Å². The van der Waals surface area contributed by atoms with Gasteiger partial charge in [-0.15, -0.1) is 0 Å². The van der Waals surface area contributed by atoms with Crippen molar-refractivity contribution in [3.63, 3.8) is 0 Å². The zero-order valence-corrected chi connectivity index (χ0v) is 19.1. The lowest BCUT2D eigenvalue weighted by Crippen LogP contribution is -1.98. The van der Waals surface area contributed by atoms with Crippen LogP contribution < -0.4 is 0 Å². The molecular weight excluding hydrogens is 434 g/mol. The summed E-state index contributed by atoms with van der Waals surface area (Å²) in [4.78, 5) is 0. The van der Waals surface area contributed by atoms with Crippen LogP contribution in [0, 0.1) is 0 Å². The minimum absolute atomic E-state index is 0.734. The predicted octanol–water partition coefficient (Wildman–Crippen LogP) is 9.41. The highest BCUT2D eigenvalue weighted by atomic mass is 35.5. The fraction of sp³-hybridized carbons (Fsp3) is 0. The van der Waals surface area contributed by atoms with E-state index in [-0.39, 0.29) is 0 Å². The van der Waals surface area contributed by atoms with Crippen LogP contribution in [0.25, 0.3) is 60.2 Å². The van der Waals surface area contributed by atoms with Crippen LogP contribution in [0.1, 0.15) is 0 Å². The third-order valence-electron chi connectivity index (χ3n) is 6.84. The van der Waals surface area contributed by atoms with Gasteiger partial charge in [-0.05, 0) is 46.0 Å². The number of rotatable bonds is 2. The zero-order chi connectivity index (χ0) is 22.6. The number of aromatic nitrogens is 1. The fourth-order valence-electron chi connectivity index (χ4n) is 5.36. The van der Waals surface area contributed by atoms with Gasteiger partial charge in [0.1, 0.15) is 0 Å². The van der Waals surface area contributed by atoms with Crippen LogP contribution in [0.4, 0.5) is 0 Å². The maximum Gasteiger partial charge on any atom is 0.0619 e. The Balaban J connectivity index is 1.68. The first kappa shape index (κ1) is 19.4. The van der Waals surface area contributed by atoms with E-state index in [0.717, 1.165) is 16.3 Å². The normalized spacial score (nSPS) is 11.7. The number of fused-ring (bicyclic) bond motifs is 6. The summed E-state index contributed by atoms with van der Waals surface area (Å²) < 4.78 is 2.42. The van der Waals surface area contributed by atoms with E-state index < -0.39 is 0 Å². The highest BCUT2D eigenvalue weighted by Gasteiger charge is 2.18.